The molecule has 3 rings (SSSR count). The van der Waals surface area contributed by atoms with Crippen molar-refractivity contribution in [2.24, 2.45) is 0 Å². The van der Waals surface area contributed by atoms with Crippen LogP contribution >= 0.6 is 0 Å². The molecule has 0 aliphatic heterocycles. The summed E-state index contributed by atoms with van der Waals surface area (Å²) in [5.74, 6) is 0. The lowest BCUT2D eigenvalue weighted by molar-refractivity contribution is 1.23. The molecule has 0 atom stereocenters. The number of anilines is 4. The third-order valence-corrected chi connectivity index (χ3v) is 4.04. The number of hydrogen-bond donors (Lipinski definition) is 1. The molecule has 0 radical (unpaired) electrons. The summed E-state index contributed by atoms with van der Waals surface area (Å²) in [5.41, 5.74) is 13.8. The molecule has 0 bridgehead atoms. The van der Waals surface area contributed by atoms with E-state index in [2.05, 4.69) is 80.3 Å². The van der Waals surface area contributed by atoms with E-state index in [4.69, 9.17) is 5.73 Å². The highest BCUT2D eigenvalue weighted by atomic mass is 15.1. The minimum Gasteiger partial charge on any atom is -0.399 e. The van der Waals surface area contributed by atoms with Gasteiger partial charge in [-0.1, -0.05) is 35.4 Å². The highest BCUT2D eigenvalue weighted by Crippen LogP contribution is 2.36. The number of nitrogens with zero attached hydrogens (tertiary/aromatic N) is 1. The highest BCUT2D eigenvalue weighted by Gasteiger charge is 2.14. The van der Waals surface area contributed by atoms with Crippen molar-refractivity contribution in [2.45, 2.75) is 20.8 Å². The Bertz CT molecular complexity index is 757. The van der Waals surface area contributed by atoms with Crippen molar-refractivity contribution < 1.29 is 0 Å². The van der Waals surface area contributed by atoms with E-state index in [0.29, 0.717) is 0 Å². The second-order valence-electron chi connectivity index (χ2n) is 6.05. The van der Waals surface area contributed by atoms with Crippen molar-refractivity contribution in [2.75, 3.05) is 10.6 Å². The average Bonchev–Trinajstić information content (AvgIpc) is 2.53. The van der Waals surface area contributed by atoms with Gasteiger partial charge in [0.25, 0.3) is 0 Å². The Balaban J connectivity index is 2.16. The van der Waals surface area contributed by atoms with E-state index >= 15 is 0 Å². The normalized spacial score (nSPS) is 10.6. The minimum absolute atomic E-state index is 0.776. The molecular weight excluding hydrogens is 280 g/mol. The topological polar surface area (TPSA) is 29.3 Å². The second kappa shape index (κ2) is 6.17. The molecule has 0 aliphatic carbocycles. The van der Waals surface area contributed by atoms with Crippen LogP contribution in [-0.2, 0) is 0 Å². The van der Waals surface area contributed by atoms with Crippen LogP contribution in [0.3, 0.4) is 0 Å². The maximum Gasteiger partial charge on any atom is 0.0490 e. The summed E-state index contributed by atoms with van der Waals surface area (Å²) in [6, 6.07) is 23.2. The van der Waals surface area contributed by atoms with Crippen molar-refractivity contribution >= 4 is 22.7 Å². The zero-order valence-corrected chi connectivity index (χ0v) is 13.9. The van der Waals surface area contributed by atoms with Gasteiger partial charge in [-0.25, -0.2) is 0 Å². The SMILES string of the molecule is Cc1ccc(N(c2ccc(N)cc2)c2ccc(C)cc2C)cc1. The zero-order chi connectivity index (χ0) is 16.4. The summed E-state index contributed by atoms with van der Waals surface area (Å²) in [5, 5.41) is 0. The molecule has 0 amide bonds. The summed E-state index contributed by atoms with van der Waals surface area (Å²) >= 11 is 0. The quantitative estimate of drug-likeness (QED) is 0.632. The predicted molar refractivity (Wildman–Crippen MR) is 99.7 cm³/mol. The lowest BCUT2D eigenvalue weighted by Crippen LogP contribution is -2.11. The molecule has 116 valence electrons. The van der Waals surface area contributed by atoms with Crippen LogP contribution in [0.1, 0.15) is 16.7 Å². The summed E-state index contributed by atoms with van der Waals surface area (Å²) in [7, 11) is 0. The van der Waals surface area contributed by atoms with Gasteiger partial charge in [0.2, 0.25) is 0 Å². The van der Waals surface area contributed by atoms with E-state index in [0.717, 1.165) is 17.1 Å². The molecule has 0 fully saturated rings. The minimum atomic E-state index is 0.776. The van der Waals surface area contributed by atoms with Crippen LogP contribution in [0.25, 0.3) is 0 Å². The molecule has 0 saturated heterocycles. The molecule has 2 N–H and O–H groups in total. The first-order valence-corrected chi connectivity index (χ1v) is 7.84. The Morgan fingerprint density at radius 1 is 0.652 bits per heavy atom. The molecule has 2 nitrogen and oxygen atoms in total. The number of rotatable bonds is 3. The summed E-state index contributed by atoms with van der Waals surface area (Å²) in [6.07, 6.45) is 0. The van der Waals surface area contributed by atoms with Crippen LogP contribution in [0.4, 0.5) is 22.7 Å². The van der Waals surface area contributed by atoms with Gasteiger partial charge in [0.05, 0.1) is 0 Å². The van der Waals surface area contributed by atoms with Crippen molar-refractivity contribution in [1.29, 1.82) is 0 Å². The molecule has 23 heavy (non-hydrogen) atoms. The van der Waals surface area contributed by atoms with E-state index in [9.17, 15) is 0 Å². The van der Waals surface area contributed by atoms with Gasteiger partial charge < -0.3 is 10.6 Å². The monoisotopic (exact) mass is 302 g/mol. The van der Waals surface area contributed by atoms with Gasteiger partial charge in [-0.3, -0.25) is 0 Å². The van der Waals surface area contributed by atoms with E-state index in [1.807, 2.05) is 12.1 Å². The fourth-order valence-corrected chi connectivity index (χ4v) is 2.80. The van der Waals surface area contributed by atoms with Crippen molar-refractivity contribution in [3.63, 3.8) is 0 Å². The number of hydrogen-bond acceptors (Lipinski definition) is 2. The van der Waals surface area contributed by atoms with Crippen molar-refractivity contribution in [3.05, 3.63) is 83.4 Å². The maximum atomic E-state index is 5.86. The number of benzene rings is 3. The number of nitrogen functional groups attached to an aromatic ring is 1. The van der Waals surface area contributed by atoms with Gasteiger partial charge in [0.1, 0.15) is 0 Å². The first-order valence-electron chi connectivity index (χ1n) is 7.84. The smallest absolute Gasteiger partial charge is 0.0490 e. The summed E-state index contributed by atoms with van der Waals surface area (Å²) in [4.78, 5) is 2.27. The van der Waals surface area contributed by atoms with Crippen molar-refractivity contribution in [1.82, 2.24) is 0 Å². The van der Waals surface area contributed by atoms with E-state index in [1.165, 1.54) is 22.4 Å². The molecular formula is C21H22N2. The third-order valence-electron chi connectivity index (χ3n) is 4.04. The van der Waals surface area contributed by atoms with Crippen LogP contribution in [0.5, 0.6) is 0 Å². The van der Waals surface area contributed by atoms with Crippen LogP contribution in [0.15, 0.2) is 66.7 Å². The maximum absolute atomic E-state index is 5.86. The van der Waals surface area contributed by atoms with Gasteiger partial charge in [-0.05, 0) is 68.8 Å². The highest BCUT2D eigenvalue weighted by molar-refractivity contribution is 5.79. The van der Waals surface area contributed by atoms with Gasteiger partial charge in [0, 0.05) is 22.7 Å². The molecule has 0 aliphatic rings. The van der Waals surface area contributed by atoms with Crippen LogP contribution < -0.4 is 10.6 Å². The van der Waals surface area contributed by atoms with E-state index < -0.39 is 0 Å². The van der Waals surface area contributed by atoms with Gasteiger partial charge in [0.15, 0.2) is 0 Å². The van der Waals surface area contributed by atoms with Gasteiger partial charge >= 0.3 is 0 Å². The summed E-state index contributed by atoms with van der Waals surface area (Å²) < 4.78 is 0. The molecule has 2 heteroatoms. The number of aryl methyl sites for hydroxylation is 3. The molecule has 0 saturated carbocycles. The second-order valence-corrected chi connectivity index (χ2v) is 6.05. The Kier molecular flexibility index (Phi) is 4.07. The third kappa shape index (κ3) is 3.21. The Labute approximate surface area is 138 Å². The molecule has 0 aromatic heterocycles. The Morgan fingerprint density at radius 2 is 1.17 bits per heavy atom. The first-order chi connectivity index (χ1) is 11.0. The van der Waals surface area contributed by atoms with Crippen LogP contribution in [0, 0.1) is 20.8 Å². The molecule has 0 spiro atoms. The molecule has 3 aromatic rings. The van der Waals surface area contributed by atoms with E-state index in [-0.39, 0.29) is 0 Å². The fourth-order valence-electron chi connectivity index (χ4n) is 2.80. The summed E-state index contributed by atoms with van der Waals surface area (Å²) in [6.45, 7) is 6.38. The molecule has 0 heterocycles. The van der Waals surface area contributed by atoms with Crippen molar-refractivity contribution in [3.8, 4) is 0 Å². The average molecular weight is 302 g/mol. The largest absolute Gasteiger partial charge is 0.399 e. The Hall–Kier alpha value is -2.74. The molecule has 3 aromatic carbocycles. The first kappa shape index (κ1) is 15.2. The lowest BCUT2D eigenvalue weighted by atomic mass is 10.1. The standard InChI is InChI=1S/C21H22N2/c1-15-4-9-19(10-5-15)23(20-11-7-18(22)8-12-20)21-13-6-16(2)14-17(21)3/h4-14H,22H2,1-3H3. The van der Waals surface area contributed by atoms with Gasteiger partial charge in [-0.2, -0.15) is 0 Å². The van der Waals surface area contributed by atoms with Crippen LogP contribution in [-0.4, -0.2) is 0 Å². The van der Waals surface area contributed by atoms with Gasteiger partial charge in [-0.15, -0.1) is 0 Å². The lowest BCUT2D eigenvalue weighted by Gasteiger charge is -2.27. The van der Waals surface area contributed by atoms with E-state index in [1.54, 1.807) is 0 Å². The van der Waals surface area contributed by atoms with Crippen LogP contribution in [0.2, 0.25) is 0 Å². The predicted octanol–water partition coefficient (Wildman–Crippen LogP) is 5.66. The fraction of sp³-hybridized carbons (Fsp3) is 0.143. The molecule has 0 unspecified atom stereocenters. The zero-order valence-electron chi connectivity index (χ0n) is 13.9. The Morgan fingerprint density at radius 3 is 1.74 bits per heavy atom. The number of nitrogens with two attached hydrogens (primary N) is 1.